The van der Waals surface area contributed by atoms with E-state index in [1.54, 1.807) is 0 Å². The van der Waals surface area contributed by atoms with Gasteiger partial charge in [-0.25, -0.2) is 0 Å². The van der Waals surface area contributed by atoms with Crippen LogP contribution in [0.5, 0.6) is 0 Å². The van der Waals surface area contributed by atoms with Crippen molar-refractivity contribution in [2.75, 3.05) is 52.9 Å². The highest BCUT2D eigenvalue weighted by atomic mass is 16.5. The molecule has 2 aromatic carbocycles. The summed E-state index contributed by atoms with van der Waals surface area (Å²) in [5.74, 6) is 0.0681. The first-order chi connectivity index (χ1) is 14.6. The molecule has 2 aliphatic rings. The predicted octanol–water partition coefficient (Wildman–Crippen LogP) is 2.37. The van der Waals surface area contributed by atoms with E-state index < -0.39 is 0 Å². The second-order valence-electron chi connectivity index (χ2n) is 8.37. The molecule has 0 bridgehead atoms. The van der Waals surface area contributed by atoms with E-state index in [0.29, 0.717) is 6.54 Å². The Labute approximate surface area is 178 Å². The summed E-state index contributed by atoms with van der Waals surface area (Å²) in [6, 6.07) is 15.0. The molecule has 0 saturated carbocycles. The summed E-state index contributed by atoms with van der Waals surface area (Å²) in [4.78, 5) is 31.0. The van der Waals surface area contributed by atoms with Gasteiger partial charge in [-0.3, -0.25) is 19.4 Å². The molecular formula is C24H31N3O3. The second kappa shape index (κ2) is 9.58. The van der Waals surface area contributed by atoms with Gasteiger partial charge < -0.3 is 9.64 Å². The largest absolute Gasteiger partial charge is 0.469 e. The highest BCUT2D eigenvalue weighted by Crippen LogP contribution is 2.21. The molecule has 6 nitrogen and oxygen atoms in total. The van der Waals surface area contributed by atoms with Crippen molar-refractivity contribution in [1.29, 1.82) is 0 Å². The summed E-state index contributed by atoms with van der Waals surface area (Å²) in [6.07, 6.45) is 1.55. The lowest BCUT2D eigenvalue weighted by Gasteiger charge is -2.37. The van der Waals surface area contributed by atoms with E-state index in [4.69, 9.17) is 4.74 Å². The van der Waals surface area contributed by atoms with Crippen LogP contribution < -0.4 is 0 Å². The number of carbonyl (C=O) groups is 2. The van der Waals surface area contributed by atoms with Crippen molar-refractivity contribution in [2.24, 2.45) is 5.92 Å². The Morgan fingerprint density at radius 3 is 2.33 bits per heavy atom. The van der Waals surface area contributed by atoms with Crippen LogP contribution in [0.1, 0.15) is 18.4 Å². The average molecular weight is 410 g/mol. The first-order valence-electron chi connectivity index (χ1n) is 10.9. The molecule has 0 aliphatic carbocycles. The lowest BCUT2D eigenvalue weighted by molar-refractivity contribution is -0.147. The lowest BCUT2D eigenvalue weighted by Crippen LogP contribution is -2.51. The quantitative estimate of drug-likeness (QED) is 0.710. The summed E-state index contributed by atoms with van der Waals surface area (Å²) in [7, 11) is 1.44. The van der Waals surface area contributed by atoms with Gasteiger partial charge in [-0.2, -0.15) is 0 Å². The molecule has 2 aromatic rings. The summed E-state index contributed by atoms with van der Waals surface area (Å²) in [5.41, 5.74) is 1.35. The second-order valence-corrected chi connectivity index (χ2v) is 8.37. The molecule has 30 heavy (non-hydrogen) atoms. The molecule has 0 atom stereocenters. The molecule has 4 rings (SSSR count). The van der Waals surface area contributed by atoms with Crippen LogP contribution in [0, 0.1) is 5.92 Å². The maximum absolute atomic E-state index is 12.8. The number of carbonyl (C=O) groups excluding carboxylic acids is 2. The molecule has 2 aliphatic heterocycles. The Bertz CT molecular complexity index is 879. The van der Waals surface area contributed by atoms with E-state index >= 15 is 0 Å². The Morgan fingerprint density at radius 2 is 1.60 bits per heavy atom. The highest BCUT2D eigenvalue weighted by molar-refractivity contribution is 5.85. The number of nitrogens with zero attached hydrogens (tertiary/aromatic N) is 3. The van der Waals surface area contributed by atoms with Crippen LogP contribution in [0.4, 0.5) is 0 Å². The van der Waals surface area contributed by atoms with Gasteiger partial charge in [0.1, 0.15) is 0 Å². The summed E-state index contributed by atoms with van der Waals surface area (Å²) in [6.45, 7) is 6.31. The van der Waals surface area contributed by atoms with Gasteiger partial charge in [0.2, 0.25) is 5.91 Å². The molecule has 0 unspecified atom stereocenters. The summed E-state index contributed by atoms with van der Waals surface area (Å²) < 4.78 is 4.84. The average Bonchev–Trinajstić information content (AvgIpc) is 2.80. The number of ether oxygens (including phenoxy) is 1. The topological polar surface area (TPSA) is 53.1 Å². The number of likely N-dealkylation sites (tertiary alicyclic amines) is 1. The number of benzene rings is 2. The first-order valence-corrected chi connectivity index (χ1v) is 10.9. The minimum atomic E-state index is -0.122. The zero-order chi connectivity index (χ0) is 20.9. The number of esters is 1. The molecular weight excluding hydrogens is 378 g/mol. The molecule has 160 valence electrons. The molecule has 0 radical (unpaired) electrons. The van der Waals surface area contributed by atoms with Crippen LogP contribution in [-0.2, 0) is 20.9 Å². The van der Waals surface area contributed by atoms with Gasteiger partial charge in [0.25, 0.3) is 0 Å². The van der Waals surface area contributed by atoms with Gasteiger partial charge >= 0.3 is 5.97 Å². The van der Waals surface area contributed by atoms with Crippen LogP contribution in [0.2, 0.25) is 0 Å². The third-order valence-electron chi connectivity index (χ3n) is 6.48. The van der Waals surface area contributed by atoms with Gasteiger partial charge in [0, 0.05) is 32.7 Å². The van der Waals surface area contributed by atoms with Crippen LogP contribution >= 0.6 is 0 Å². The minimum Gasteiger partial charge on any atom is -0.469 e. The number of piperazine rings is 1. The van der Waals surface area contributed by atoms with E-state index in [1.165, 1.54) is 23.4 Å². The molecule has 2 heterocycles. The number of hydrogen-bond acceptors (Lipinski definition) is 5. The maximum Gasteiger partial charge on any atom is 0.308 e. The Balaban J connectivity index is 1.24. The monoisotopic (exact) mass is 409 g/mol. The third-order valence-corrected chi connectivity index (χ3v) is 6.48. The van der Waals surface area contributed by atoms with Crippen molar-refractivity contribution in [3.8, 4) is 0 Å². The fourth-order valence-electron chi connectivity index (χ4n) is 4.61. The maximum atomic E-state index is 12.8. The molecule has 6 heteroatoms. The first kappa shape index (κ1) is 20.8. The Morgan fingerprint density at radius 1 is 0.900 bits per heavy atom. The Hall–Kier alpha value is -2.44. The third kappa shape index (κ3) is 4.82. The Kier molecular flexibility index (Phi) is 6.65. The SMILES string of the molecule is COC(=O)C1CCN(CC(=O)N2CCN(Cc3cccc4ccccc34)CC2)CC1. The van der Waals surface area contributed by atoms with Gasteiger partial charge in [-0.1, -0.05) is 42.5 Å². The molecule has 2 saturated heterocycles. The number of amides is 1. The highest BCUT2D eigenvalue weighted by Gasteiger charge is 2.28. The minimum absolute atomic E-state index is 0.0148. The van der Waals surface area contributed by atoms with E-state index in [9.17, 15) is 9.59 Å². The predicted molar refractivity (Wildman–Crippen MR) is 117 cm³/mol. The zero-order valence-corrected chi connectivity index (χ0v) is 17.8. The van der Waals surface area contributed by atoms with Gasteiger partial charge in [0.15, 0.2) is 0 Å². The number of hydrogen-bond donors (Lipinski definition) is 0. The van der Waals surface area contributed by atoms with Crippen molar-refractivity contribution in [1.82, 2.24) is 14.7 Å². The van der Waals surface area contributed by atoms with E-state index in [2.05, 4.69) is 52.3 Å². The number of fused-ring (bicyclic) bond motifs is 1. The van der Waals surface area contributed by atoms with Gasteiger partial charge in [0.05, 0.1) is 19.6 Å². The van der Waals surface area contributed by atoms with E-state index in [-0.39, 0.29) is 17.8 Å². The number of rotatable bonds is 5. The standard InChI is InChI=1S/C24H31N3O3/c1-30-24(29)20-9-11-25(12-10-20)18-23(28)27-15-13-26(14-16-27)17-21-7-4-6-19-5-2-3-8-22(19)21/h2-8,20H,9-18H2,1H3. The molecule has 0 spiro atoms. The van der Waals surface area contributed by atoms with Crippen molar-refractivity contribution in [3.63, 3.8) is 0 Å². The van der Waals surface area contributed by atoms with Gasteiger partial charge in [-0.15, -0.1) is 0 Å². The van der Waals surface area contributed by atoms with Crippen LogP contribution in [-0.4, -0.2) is 79.5 Å². The van der Waals surface area contributed by atoms with Crippen molar-refractivity contribution >= 4 is 22.6 Å². The molecule has 0 aromatic heterocycles. The van der Waals surface area contributed by atoms with Gasteiger partial charge in [-0.05, 0) is 42.3 Å². The number of piperidine rings is 1. The lowest BCUT2D eigenvalue weighted by atomic mass is 9.97. The van der Waals surface area contributed by atoms with Crippen molar-refractivity contribution in [3.05, 3.63) is 48.0 Å². The van der Waals surface area contributed by atoms with Crippen molar-refractivity contribution < 1.29 is 14.3 Å². The van der Waals surface area contributed by atoms with E-state index in [1.807, 2.05) is 4.90 Å². The smallest absolute Gasteiger partial charge is 0.308 e. The zero-order valence-electron chi connectivity index (χ0n) is 17.8. The fraction of sp³-hybridized carbons (Fsp3) is 0.500. The van der Waals surface area contributed by atoms with Crippen LogP contribution in [0.25, 0.3) is 10.8 Å². The molecule has 1 amide bonds. The fourth-order valence-corrected chi connectivity index (χ4v) is 4.61. The molecule has 2 fully saturated rings. The number of methoxy groups -OCH3 is 1. The molecule has 0 N–H and O–H groups in total. The van der Waals surface area contributed by atoms with Crippen LogP contribution in [0.15, 0.2) is 42.5 Å². The van der Waals surface area contributed by atoms with E-state index in [0.717, 1.165) is 58.7 Å². The normalized spacial score (nSPS) is 19.2. The summed E-state index contributed by atoms with van der Waals surface area (Å²) in [5, 5.41) is 2.59. The van der Waals surface area contributed by atoms with Crippen molar-refractivity contribution in [2.45, 2.75) is 19.4 Å². The summed E-state index contributed by atoms with van der Waals surface area (Å²) >= 11 is 0. The van der Waals surface area contributed by atoms with Crippen LogP contribution in [0.3, 0.4) is 0 Å².